The summed E-state index contributed by atoms with van der Waals surface area (Å²) in [5.41, 5.74) is 10.1. The Kier molecular flexibility index (Phi) is 5.85. The Bertz CT molecular complexity index is 606. The van der Waals surface area contributed by atoms with Gasteiger partial charge in [0.25, 0.3) is 0 Å². The van der Waals surface area contributed by atoms with Gasteiger partial charge in [-0.2, -0.15) is 0 Å². The number of rotatable bonds is 3. The minimum Gasteiger partial charge on any atom is -0.406 e. The standard InChI is InChI=1S/C16H16F3NO.ClH/c1-10-4-3-5-11(2)14(10)15(20)12-6-8-13(9-7-12)21-16(17,18)19;/h3-9,15H,20H2,1-2H3;1H/t15-;/m1./s1. The normalized spacial score (nSPS) is 12.5. The number of hydrogen-bond acceptors (Lipinski definition) is 2. The molecule has 0 aromatic heterocycles. The second-order valence-electron chi connectivity index (χ2n) is 4.90. The molecule has 2 aromatic rings. The molecule has 0 bridgehead atoms. The lowest BCUT2D eigenvalue weighted by molar-refractivity contribution is -0.274. The molecule has 2 N–H and O–H groups in total. The summed E-state index contributed by atoms with van der Waals surface area (Å²) in [6, 6.07) is 11.1. The smallest absolute Gasteiger partial charge is 0.406 e. The zero-order valence-electron chi connectivity index (χ0n) is 12.1. The Morgan fingerprint density at radius 2 is 1.45 bits per heavy atom. The number of ether oxygens (including phenoxy) is 1. The zero-order chi connectivity index (χ0) is 15.6. The van der Waals surface area contributed by atoms with E-state index in [1.807, 2.05) is 32.0 Å². The first-order chi connectivity index (χ1) is 9.78. The Morgan fingerprint density at radius 3 is 1.91 bits per heavy atom. The van der Waals surface area contributed by atoms with Crippen LogP contribution in [0.2, 0.25) is 0 Å². The lowest BCUT2D eigenvalue weighted by Gasteiger charge is -2.18. The largest absolute Gasteiger partial charge is 0.573 e. The molecule has 6 heteroatoms. The monoisotopic (exact) mass is 331 g/mol. The number of halogens is 4. The molecule has 0 saturated heterocycles. The van der Waals surface area contributed by atoms with E-state index in [2.05, 4.69) is 4.74 Å². The van der Waals surface area contributed by atoms with E-state index in [0.717, 1.165) is 22.3 Å². The maximum Gasteiger partial charge on any atom is 0.573 e. The van der Waals surface area contributed by atoms with Gasteiger partial charge in [-0.05, 0) is 48.2 Å². The quantitative estimate of drug-likeness (QED) is 0.887. The molecule has 0 aliphatic heterocycles. The molecule has 0 saturated carbocycles. The van der Waals surface area contributed by atoms with E-state index in [1.54, 1.807) is 12.1 Å². The van der Waals surface area contributed by atoms with Crippen molar-refractivity contribution >= 4 is 12.4 Å². The summed E-state index contributed by atoms with van der Waals surface area (Å²) in [7, 11) is 0. The highest BCUT2D eigenvalue weighted by Crippen LogP contribution is 2.28. The predicted molar refractivity (Wildman–Crippen MR) is 82.3 cm³/mol. The first kappa shape index (κ1) is 18.3. The highest BCUT2D eigenvalue weighted by Gasteiger charge is 2.31. The SMILES string of the molecule is Cc1cccc(C)c1[C@H](N)c1ccc(OC(F)(F)F)cc1.Cl. The average molecular weight is 332 g/mol. The molecular weight excluding hydrogens is 315 g/mol. The third-order valence-electron chi connectivity index (χ3n) is 3.33. The van der Waals surface area contributed by atoms with Gasteiger partial charge < -0.3 is 10.5 Å². The van der Waals surface area contributed by atoms with Crippen LogP contribution in [-0.2, 0) is 0 Å². The van der Waals surface area contributed by atoms with Crippen LogP contribution in [0.15, 0.2) is 42.5 Å². The molecule has 0 spiro atoms. The first-order valence-electron chi connectivity index (χ1n) is 6.45. The molecule has 0 aliphatic rings. The van der Waals surface area contributed by atoms with Crippen LogP contribution < -0.4 is 10.5 Å². The summed E-state index contributed by atoms with van der Waals surface area (Å²) in [5.74, 6) is -0.250. The van der Waals surface area contributed by atoms with Crippen molar-refractivity contribution in [3.63, 3.8) is 0 Å². The van der Waals surface area contributed by atoms with Crippen molar-refractivity contribution in [1.82, 2.24) is 0 Å². The van der Waals surface area contributed by atoms with Gasteiger partial charge in [0.1, 0.15) is 5.75 Å². The Hall–Kier alpha value is -1.72. The fraction of sp³-hybridized carbons (Fsp3) is 0.250. The van der Waals surface area contributed by atoms with Gasteiger partial charge in [0, 0.05) is 0 Å². The molecule has 22 heavy (non-hydrogen) atoms. The summed E-state index contributed by atoms with van der Waals surface area (Å²) in [6.45, 7) is 3.92. The van der Waals surface area contributed by atoms with Gasteiger partial charge in [-0.25, -0.2) is 0 Å². The van der Waals surface area contributed by atoms with Crippen LogP contribution in [0.25, 0.3) is 0 Å². The van der Waals surface area contributed by atoms with E-state index in [1.165, 1.54) is 12.1 Å². The van der Waals surface area contributed by atoms with Gasteiger partial charge in [-0.1, -0.05) is 30.3 Å². The van der Waals surface area contributed by atoms with E-state index in [-0.39, 0.29) is 24.2 Å². The summed E-state index contributed by atoms with van der Waals surface area (Å²) in [5, 5.41) is 0. The fourth-order valence-electron chi connectivity index (χ4n) is 2.36. The van der Waals surface area contributed by atoms with Gasteiger partial charge in [0.05, 0.1) is 6.04 Å². The van der Waals surface area contributed by atoms with Gasteiger partial charge in [0.15, 0.2) is 0 Å². The lowest BCUT2D eigenvalue weighted by atomic mass is 9.92. The van der Waals surface area contributed by atoms with Crippen LogP contribution in [-0.4, -0.2) is 6.36 Å². The molecule has 0 fully saturated rings. The van der Waals surface area contributed by atoms with Gasteiger partial charge in [0.2, 0.25) is 0 Å². The van der Waals surface area contributed by atoms with Crippen LogP contribution in [0, 0.1) is 13.8 Å². The second-order valence-corrected chi connectivity index (χ2v) is 4.90. The third-order valence-corrected chi connectivity index (χ3v) is 3.33. The number of aryl methyl sites for hydroxylation is 2. The number of benzene rings is 2. The molecule has 0 heterocycles. The Labute approximate surface area is 133 Å². The molecule has 2 rings (SSSR count). The van der Waals surface area contributed by atoms with Crippen molar-refractivity contribution in [2.75, 3.05) is 0 Å². The predicted octanol–water partition coefficient (Wildman–Crippen LogP) is 4.67. The van der Waals surface area contributed by atoms with Crippen molar-refractivity contribution in [2.24, 2.45) is 5.73 Å². The summed E-state index contributed by atoms with van der Waals surface area (Å²) in [6.07, 6.45) is -4.68. The summed E-state index contributed by atoms with van der Waals surface area (Å²) < 4.78 is 40.2. The van der Waals surface area contributed by atoms with E-state index in [9.17, 15) is 13.2 Å². The highest BCUT2D eigenvalue weighted by atomic mass is 35.5. The number of nitrogens with two attached hydrogens (primary N) is 1. The molecule has 0 amide bonds. The maximum atomic E-state index is 12.1. The van der Waals surface area contributed by atoms with Crippen LogP contribution >= 0.6 is 12.4 Å². The molecule has 0 aliphatic carbocycles. The number of alkyl halides is 3. The highest BCUT2D eigenvalue weighted by molar-refractivity contribution is 5.85. The summed E-state index contributed by atoms with van der Waals surface area (Å²) in [4.78, 5) is 0. The molecule has 2 aromatic carbocycles. The Morgan fingerprint density at radius 1 is 0.955 bits per heavy atom. The second kappa shape index (κ2) is 7.03. The molecule has 2 nitrogen and oxygen atoms in total. The molecule has 0 unspecified atom stereocenters. The van der Waals surface area contributed by atoms with Crippen LogP contribution in [0.5, 0.6) is 5.75 Å². The van der Waals surface area contributed by atoms with Crippen molar-refractivity contribution in [3.05, 3.63) is 64.7 Å². The third kappa shape index (κ3) is 4.39. The molecule has 0 radical (unpaired) electrons. The molecular formula is C16H17ClF3NO. The van der Waals surface area contributed by atoms with Crippen LogP contribution in [0.3, 0.4) is 0 Å². The van der Waals surface area contributed by atoms with Crippen molar-refractivity contribution in [1.29, 1.82) is 0 Å². The van der Waals surface area contributed by atoms with Crippen molar-refractivity contribution in [2.45, 2.75) is 26.3 Å². The molecule has 1 atom stereocenters. The van der Waals surface area contributed by atoms with Crippen molar-refractivity contribution < 1.29 is 17.9 Å². The van der Waals surface area contributed by atoms with Crippen LogP contribution in [0.1, 0.15) is 28.3 Å². The van der Waals surface area contributed by atoms with Crippen molar-refractivity contribution in [3.8, 4) is 5.75 Å². The Balaban J connectivity index is 0.00000242. The van der Waals surface area contributed by atoms with E-state index in [0.29, 0.717) is 0 Å². The maximum absolute atomic E-state index is 12.1. The fourth-order valence-corrected chi connectivity index (χ4v) is 2.36. The average Bonchev–Trinajstić information content (AvgIpc) is 2.37. The van der Waals surface area contributed by atoms with Gasteiger partial charge in [-0.3, -0.25) is 0 Å². The minimum atomic E-state index is -4.68. The van der Waals surface area contributed by atoms with E-state index < -0.39 is 6.36 Å². The van der Waals surface area contributed by atoms with Gasteiger partial charge in [-0.15, -0.1) is 25.6 Å². The number of hydrogen-bond donors (Lipinski definition) is 1. The van der Waals surface area contributed by atoms with Crippen LogP contribution in [0.4, 0.5) is 13.2 Å². The topological polar surface area (TPSA) is 35.2 Å². The zero-order valence-corrected chi connectivity index (χ0v) is 13.0. The van der Waals surface area contributed by atoms with E-state index >= 15 is 0 Å². The first-order valence-corrected chi connectivity index (χ1v) is 6.45. The molecule has 120 valence electrons. The van der Waals surface area contributed by atoms with E-state index in [4.69, 9.17) is 5.73 Å². The summed E-state index contributed by atoms with van der Waals surface area (Å²) >= 11 is 0. The minimum absolute atomic E-state index is 0. The van der Waals surface area contributed by atoms with Gasteiger partial charge >= 0.3 is 6.36 Å². The lowest BCUT2D eigenvalue weighted by Crippen LogP contribution is -2.17.